The van der Waals surface area contributed by atoms with Gasteiger partial charge in [0.05, 0.1) is 6.54 Å². The van der Waals surface area contributed by atoms with Crippen LogP contribution in [0.2, 0.25) is 0 Å². The van der Waals surface area contributed by atoms with Crippen molar-refractivity contribution in [1.82, 2.24) is 10.6 Å². The molecular weight excluding hydrogens is 166 g/mol. The molecule has 13 heavy (non-hydrogen) atoms. The lowest BCUT2D eigenvalue weighted by Crippen LogP contribution is -2.36. The van der Waals surface area contributed by atoms with Gasteiger partial charge in [-0.2, -0.15) is 0 Å². The van der Waals surface area contributed by atoms with Crippen LogP contribution in [0.1, 0.15) is 27.6 Å². The van der Waals surface area contributed by atoms with Crippen molar-refractivity contribution in [3.63, 3.8) is 0 Å². The zero-order valence-corrected chi connectivity index (χ0v) is 8.31. The lowest BCUT2D eigenvalue weighted by atomic mass is 10.2. The Labute approximate surface area is 81.7 Å². The van der Waals surface area contributed by atoms with E-state index in [9.17, 15) is 4.79 Å². The molecule has 78 valence electrons. The second kappa shape index (κ2) is 9.48. The molecule has 0 unspecified atom stereocenters. The summed E-state index contributed by atoms with van der Waals surface area (Å²) in [5, 5.41) is 5.47. The normalized spacial score (nSPS) is 13.5. The summed E-state index contributed by atoms with van der Waals surface area (Å²) in [5.41, 5.74) is 5.23. The van der Waals surface area contributed by atoms with Gasteiger partial charge in [-0.3, -0.25) is 4.79 Å². The topological polar surface area (TPSA) is 67.2 Å². The minimum Gasteiger partial charge on any atom is -0.354 e. The van der Waals surface area contributed by atoms with Crippen LogP contribution in [0, 0.1) is 0 Å². The maximum absolute atomic E-state index is 11.1. The fraction of sp³-hybridized carbons (Fsp3) is 0.889. The van der Waals surface area contributed by atoms with E-state index in [1.807, 2.05) is 0 Å². The van der Waals surface area contributed by atoms with Crippen LogP contribution in [0.3, 0.4) is 0 Å². The zero-order chi connectivity index (χ0) is 10.8. The van der Waals surface area contributed by atoms with Crippen LogP contribution in [0.4, 0.5) is 0 Å². The van der Waals surface area contributed by atoms with Gasteiger partial charge in [0, 0.05) is 14.5 Å². The quantitative estimate of drug-likeness (QED) is 0.496. The number of nitrogens with two attached hydrogens (primary N) is 1. The van der Waals surface area contributed by atoms with Crippen molar-refractivity contribution >= 4 is 5.91 Å². The molecule has 0 rings (SSSR count). The van der Waals surface area contributed by atoms with E-state index in [-0.39, 0.29) is 19.0 Å². The van der Waals surface area contributed by atoms with E-state index in [4.69, 9.17) is 7.10 Å². The molecule has 4 N–H and O–H groups in total. The molecule has 0 saturated carbocycles. The standard InChI is InChI=1S/C9H21N3O/c1-2-3-4-6-11-8-9(13)12-7-5-10/h11H,2-8,10H2,1H3,(H,12,13)/i6D/t6-/m1/s1. The Kier molecular flexibility index (Phi) is 7.63. The van der Waals surface area contributed by atoms with Crippen LogP contribution < -0.4 is 16.4 Å². The summed E-state index contributed by atoms with van der Waals surface area (Å²) in [6.07, 6.45) is 2.89. The van der Waals surface area contributed by atoms with Gasteiger partial charge in [-0.15, -0.1) is 0 Å². The van der Waals surface area contributed by atoms with Crippen molar-refractivity contribution in [2.75, 3.05) is 26.2 Å². The molecule has 0 radical (unpaired) electrons. The molecule has 1 atom stereocenters. The maximum Gasteiger partial charge on any atom is 0.234 e. The number of nitrogens with one attached hydrogen (secondary N) is 2. The molecule has 0 aliphatic rings. The van der Waals surface area contributed by atoms with Crippen LogP contribution in [-0.4, -0.2) is 32.1 Å². The van der Waals surface area contributed by atoms with Gasteiger partial charge in [0.15, 0.2) is 0 Å². The molecule has 1 amide bonds. The number of carbonyl (C=O) groups excluding carboxylic acids is 1. The predicted octanol–water partition coefficient (Wildman–Crippen LogP) is -0.159. The summed E-state index contributed by atoms with van der Waals surface area (Å²) < 4.78 is 7.53. The Morgan fingerprint density at radius 1 is 1.54 bits per heavy atom. The molecular formula is C9H21N3O. The van der Waals surface area contributed by atoms with E-state index in [2.05, 4.69) is 17.6 Å². The first-order valence-corrected chi connectivity index (χ1v) is 4.83. The highest BCUT2D eigenvalue weighted by Gasteiger charge is 1.97. The highest BCUT2D eigenvalue weighted by molar-refractivity contribution is 5.77. The number of unbranched alkanes of at least 4 members (excludes halogenated alkanes) is 1. The summed E-state index contributed by atoms with van der Waals surface area (Å²) in [5.74, 6) is -0.0933. The SMILES string of the molecule is [2H][C@H](CCCC)NCC(=O)NCCN. The third-order valence-corrected chi connectivity index (χ3v) is 1.58. The van der Waals surface area contributed by atoms with Gasteiger partial charge >= 0.3 is 0 Å². The Bertz CT molecular complexity index is 155. The van der Waals surface area contributed by atoms with Crippen LogP contribution >= 0.6 is 0 Å². The van der Waals surface area contributed by atoms with E-state index in [0.717, 1.165) is 19.3 Å². The van der Waals surface area contributed by atoms with E-state index < -0.39 is 0 Å². The molecule has 0 aromatic rings. The Morgan fingerprint density at radius 2 is 2.31 bits per heavy atom. The molecule has 0 heterocycles. The van der Waals surface area contributed by atoms with Crippen molar-refractivity contribution in [3.05, 3.63) is 0 Å². The molecule has 0 aromatic heterocycles. The number of carbonyl (C=O) groups is 1. The van der Waals surface area contributed by atoms with Crippen molar-refractivity contribution < 1.29 is 6.17 Å². The van der Waals surface area contributed by atoms with Gasteiger partial charge in [-0.25, -0.2) is 0 Å². The molecule has 0 saturated heterocycles. The predicted molar refractivity (Wildman–Crippen MR) is 54.5 cm³/mol. The zero-order valence-electron chi connectivity index (χ0n) is 9.31. The number of hydrogen-bond donors (Lipinski definition) is 3. The van der Waals surface area contributed by atoms with Gasteiger partial charge < -0.3 is 16.4 Å². The minimum absolute atomic E-state index is 0.0933. The molecule has 0 aromatic carbocycles. The number of rotatable bonds is 8. The molecule has 0 aliphatic carbocycles. The lowest BCUT2D eigenvalue weighted by molar-refractivity contribution is -0.120. The fourth-order valence-corrected chi connectivity index (χ4v) is 0.847. The summed E-state index contributed by atoms with van der Waals surface area (Å²) in [7, 11) is 0. The van der Waals surface area contributed by atoms with E-state index in [1.54, 1.807) is 0 Å². The van der Waals surface area contributed by atoms with Gasteiger partial charge in [0.1, 0.15) is 0 Å². The largest absolute Gasteiger partial charge is 0.354 e. The van der Waals surface area contributed by atoms with Gasteiger partial charge in [-0.05, 0) is 12.9 Å². The Hall–Kier alpha value is -0.610. The van der Waals surface area contributed by atoms with Crippen LogP contribution in [0.15, 0.2) is 0 Å². The van der Waals surface area contributed by atoms with E-state index >= 15 is 0 Å². The van der Waals surface area contributed by atoms with Crippen molar-refractivity contribution in [1.29, 1.82) is 0 Å². The van der Waals surface area contributed by atoms with Crippen molar-refractivity contribution in [3.8, 4) is 0 Å². The third kappa shape index (κ3) is 9.30. The summed E-state index contributed by atoms with van der Waals surface area (Å²) in [6.45, 7) is 2.90. The average Bonchev–Trinajstić information content (AvgIpc) is 2.20. The summed E-state index contributed by atoms with van der Waals surface area (Å²) in [4.78, 5) is 11.1. The van der Waals surface area contributed by atoms with Gasteiger partial charge in [0.2, 0.25) is 5.91 Å². The molecule has 0 aliphatic heterocycles. The van der Waals surface area contributed by atoms with Crippen molar-refractivity contribution in [2.45, 2.75) is 26.2 Å². The number of hydrogen-bond acceptors (Lipinski definition) is 3. The third-order valence-electron chi connectivity index (χ3n) is 1.58. The van der Waals surface area contributed by atoms with E-state index in [0.29, 0.717) is 13.1 Å². The smallest absolute Gasteiger partial charge is 0.234 e. The summed E-state index contributed by atoms with van der Waals surface area (Å²) in [6, 6.07) is 0. The van der Waals surface area contributed by atoms with Gasteiger partial charge in [0.25, 0.3) is 0 Å². The fourth-order valence-electron chi connectivity index (χ4n) is 0.847. The van der Waals surface area contributed by atoms with Gasteiger partial charge in [-0.1, -0.05) is 19.8 Å². The van der Waals surface area contributed by atoms with E-state index in [1.165, 1.54) is 0 Å². The maximum atomic E-state index is 11.1. The monoisotopic (exact) mass is 188 g/mol. The molecule has 0 fully saturated rings. The lowest BCUT2D eigenvalue weighted by Gasteiger charge is -2.04. The van der Waals surface area contributed by atoms with Crippen molar-refractivity contribution in [2.24, 2.45) is 5.73 Å². The highest BCUT2D eigenvalue weighted by Crippen LogP contribution is 1.90. The number of amides is 1. The first kappa shape index (κ1) is 10.5. The minimum atomic E-state index is -0.335. The summed E-state index contributed by atoms with van der Waals surface area (Å²) >= 11 is 0. The molecule has 4 nitrogen and oxygen atoms in total. The molecule has 0 spiro atoms. The molecule has 4 heteroatoms. The van der Waals surface area contributed by atoms with Crippen LogP contribution in [-0.2, 0) is 4.79 Å². The van der Waals surface area contributed by atoms with Crippen LogP contribution in [0.25, 0.3) is 0 Å². The highest BCUT2D eigenvalue weighted by atomic mass is 16.1. The first-order valence-electron chi connectivity index (χ1n) is 5.40. The molecule has 0 bridgehead atoms. The second-order valence-electron chi connectivity index (χ2n) is 2.87. The van der Waals surface area contributed by atoms with Crippen LogP contribution in [0.5, 0.6) is 0 Å². The second-order valence-corrected chi connectivity index (χ2v) is 2.87. The average molecular weight is 188 g/mol. The Morgan fingerprint density at radius 3 is 2.92 bits per heavy atom. The Balaban J connectivity index is 3.36. The first-order chi connectivity index (χ1) is 6.70.